The largest absolute Gasteiger partial charge is 0.369 e. The number of aromatic nitrogens is 4. The van der Waals surface area contributed by atoms with Gasteiger partial charge in [-0.2, -0.15) is 0 Å². The third-order valence-corrected chi connectivity index (χ3v) is 1.67. The lowest BCUT2D eigenvalue weighted by atomic mass is 10.6. The number of aromatic amines is 1. The molecule has 0 bridgehead atoms. The van der Waals surface area contributed by atoms with Gasteiger partial charge in [0, 0.05) is 12.4 Å². The third-order valence-electron chi connectivity index (χ3n) is 1.67. The van der Waals surface area contributed by atoms with Gasteiger partial charge in [0.05, 0.1) is 6.20 Å². The van der Waals surface area contributed by atoms with Crippen LogP contribution in [-0.4, -0.2) is 19.5 Å². The molecule has 3 N–H and O–H groups in total. The van der Waals surface area contributed by atoms with Crippen LogP contribution in [0.15, 0.2) is 18.6 Å². The van der Waals surface area contributed by atoms with Gasteiger partial charge in [-0.3, -0.25) is 4.57 Å². The van der Waals surface area contributed by atoms with Crippen LogP contribution in [-0.2, 0) is 0 Å². The molecule has 2 heterocycles. The van der Waals surface area contributed by atoms with Crippen molar-refractivity contribution >= 4 is 5.95 Å². The Morgan fingerprint density at radius 1 is 1.50 bits per heavy atom. The van der Waals surface area contributed by atoms with E-state index in [0.717, 1.165) is 11.6 Å². The summed E-state index contributed by atoms with van der Waals surface area (Å²) < 4.78 is 1.88. The highest BCUT2D eigenvalue weighted by atomic mass is 15.2. The van der Waals surface area contributed by atoms with E-state index in [1.54, 1.807) is 12.4 Å². The average molecular weight is 163 g/mol. The van der Waals surface area contributed by atoms with Gasteiger partial charge in [0.1, 0.15) is 11.6 Å². The molecule has 0 atom stereocenters. The van der Waals surface area contributed by atoms with Crippen LogP contribution in [0.4, 0.5) is 5.95 Å². The first kappa shape index (κ1) is 6.90. The van der Waals surface area contributed by atoms with Crippen molar-refractivity contribution < 1.29 is 0 Å². The first-order valence-corrected chi connectivity index (χ1v) is 3.58. The molecule has 2 rings (SSSR count). The molecule has 2 aromatic heterocycles. The van der Waals surface area contributed by atoms with Gasteiger partial charge in [-0.15, -0.1) is 0 Å². The molecule has 2 aromatic rings. The summed E-state index contributed by atoms with van der Waals surface area (Å²) in [5.41, 5.74) is 5.43. The minimum atomic E-state index is 0.415. The minimum absolute atomic E-state index is 0.415. The summed E-state index contributed by atoms with van der Waals surface area (Å²) in [5.74, 6) is 2.15. The molecule has 5 heteroatoms. The quantitative estimate of drug-likeness (QED) is 0.642. The van der Waals surface area contributed by atoms with E-state index in [9.17, 15) is 0 Å². The van der Waals surface area contributed by atoms with E-state index in [4.69, 9.17) is 5.73 Å². The van der Waals surface area contributed by atoms with E-state index in [-0.39, 0.29) is 0 Å². The van der Waals surface area contributed by atoms with Crippen molar-refractivity contribution in [1.82, 2.24) is 19.5 Å². The Morgan fingerprint density at radius 2 is 2.33 bits per heavy atom. The Hall–Kier alpha value is -1.78. The van der Waals surface area contributed by atoms with Crippen LogP contribution in [0.2, 0.25) is 0 Å². The topological polar surface area (TPSA) is 72.5 Å². The number of H-pyrrole nitrogens is 1. The first-order valence-electron chi connectivity index (χ1n) is 3.58. The van der Waals surface area contributed by atoms with Crippen molar-refractivity contribution in [3.63, 3.8) is 0 Å². The fraction of sp³-hybridized carbons (Fsp3) is 0.143. The van der Waals surface area contributed by atoms with E-state index in [1.165, 1.54) is 0 Å². The number of nitrogens with zero attached hydrogens (tertiary/aromatic N) is 3. The van der Waals surface area contributed by atoms with Crippen molar-refractivity contribution in [3.05, 3.63) is 24.4 Å². The smallest absolute Gasteiger partial charge is 0.199 e. The first-order chi connectivity index (χ1) is 5.77. The third kappa shape index (κ3) is 0.952. The Balaban J connectivity index is 2.50. The fourth-order valence-electron chi connectivity index (χ4n) is 1.08. The summed E-state index contributed by atoms with van der Waals surface area (Å²) in [5, 5.41) is 0. The zero-order valence-corrected chi connectivity index (χ0v) is 6.65. The Bertz CT molecular complexity index is 386. The second-order valence-electron chi connectivity index (χ2n) is 2.50. The molecule has 0 aromatic carbocycles. The number of hydrogen-bond donors (Lipinski definition) is 2. The van der Waals surface area contributed by atoms with Gasteiger partial charge in [0.25, 0.3) is 0 Å². The van der Waals surface area contributed by atoms with Gasteiger partial charge in [-0.05, 0) is 6.92 Å². The SMILES string of the molecule is Cc1nccn1-c1cnc(N)[nH]1. The monoisotopic (exact) mass is 163 g/mol. The van der Waals surface area contributed by atoms with Gasteiger partial charge in [0.15, 0.2) is 5.95 Å². The second-order valence-corrected chi connectivity index (χ2v) is 2.50. The lowest BCUT2D eigenvalue weighted by molar-refractivity contribution is 0.945. The summed E-state index contributed by atoms with van der Waals surface area (Å²) in [4.78, 5) is 10.9. The lowest BCUT2D eigenvalue weighted by Crippen LogP contribution is -1.95. The van der Waals surface area contributed by atoms with Crippen LogP contribution >= 0.6 is 0 Å². The van der Waals surface area contributed by atoms with Crippen molar-refractivity contribution in [2.75, 3.05) is 5.73 Å². The molecule has 0 amide bonds. The van der Waals surface area contributed by atoms with Gasteiger partial charge < -0.3 is 10.7 Å². The molecule has 0 saturated heterocycles. The fourth-order valence-corrected chi connectivity index (χ4v) is 1.08. The second kappa shape index (κ2) is 2.37. The van der Waals surface area contributed by atoms with Crippen LogP contribution in [0, 0.1) is 6.92 Å². The van der Waals surface area contributed by atoms with Gasteiger partial charge in [-0.1, -0.05) is 0 Å². The number of aryl methyl sites for hydroxylation is 1. The van der Waals surface area contributed by atoms with E-state index in [2.05, 4.69) is 15.0 Å². The van der Waals surface area contributed by atoms with Gasteiger partial charge >= 0.3 is 0 Å². The zero-order chi connectivity index (χ0) is 8.55. The van der Waals surface area contributed by atoms with Crippen LogP contribution in [0.1, 0.15) is 5.82 Å². The molecule has 12 heavy (non-hydrogen) atoms. The molecular weight excluding hydrogens is 154 g/mol. The number of imidazole rings is 2. The molecule has 0 saturated carbocycles. The summed E-state index contributed by atoms with van der Waals surface area (Å²) in [6.07, 6.45) is 5.25. The normalized spacial score (nSPS) is 10.4. The van der Waals surface area contributed by atoms with Crippen molar-refractivity contribution in [1.29, 1.82) is 0 Å². The molecule has 0 fully saturated rings. The molecule has 0 aliphatic carbocycles. The molecule has 62 valence electrons. The molecule has 0 aliphatic heterocycles. The van der Waals surface area contributed by atoms with Crippen molar-refractivity contribution in [2.45, 2.75) is 6.92 Å². The molecule has 0 aliphatic rings. The van der Waals surface area contributed by atoms with Crippen LogP contribution in [0.25, 0.3) is 5.82 Å². The summed E-state index contributed by atoms with van der Waals surface area (Å²) >= 11 is 0. The van der Waals surface area contributed by atoms with Gasteiger partial charge in [0.2, 0.25) is 0 Å². The van der Waals surface area contributed by atoms with Gasteiger partial charge in [-0.25, -0.2) is 9.97 Å². The number of nitrogen functional groups attached to an aromatic ring is 1. The highest BCUT2D eigenvalue weighted by Gasteiger charge is 2.01. The van der Waals surface area contributed by atoms with Crippen molar-refractivity contribution in [2.24, 2.45) is 0 Å². The van der Waals surface area contributed by atoms with Crippen LogP contribution in [0.3, 0.4) is 0 Å². The summed E-state index contributed by atoms with van der Waals surface area (Å²) in [6, 6.07) is 0. The summed E-state index contributed by atoms with van der Waals surface area (Å²) in [6.45, 7) is 1.91. The minimum Gasteiger partial charge on any atom is -0.369 e. The number of anilines is 1. The Morgan fingerprint density at radius 3 is 2.83 bits per heavy atom. The van der Waals surface area contributed by atoms with Crippen LogP contribution < -0.4 is 5.73 Å². The predicted octanol–water partition coefficient (Wildman–Crippen LogP) is 0.486. The standard InChI is InChI=1S/C7H9N5/c1-5-9-2-3-12(5)6-4-10-7(8)11-6/h2-4H,1H3,(H3,8,10,11). The lowest BCUT2D eigenvalue weighted by Gasteiger charge is -1.98. The highest BCUT2D eigenvalue weighted by Crippen LogP contribution is 2.07. The molecule has 0 unspecified atom stereocenters. The van der Waals surface area contributed by atoms with E-state index < -0.39 is 0 Å². The Labute approximate surface area is 69.3 Å². The van der Waals surface area contributed by atoms with Crippen molar-refractivity contribution in [3.8, 4) is 5.82 Å². The average Bonchev–Trinajstić information content (AvgIpc) is 2.58. The molecule has 0 spiro atoms. The maximum atomic E-state index is 5.43. The molecular formula is C7H9N5. The Kier molecular flexibility index (Phi) is 1.36. The maximum absolute atomic E-state index is 5.43. The maximum Gasteiger partial charge on any atom is 0.199 e. The molecule has 5 nitrogen and oxygen atoms in total. The number of nitrogens with one attached hydrogen (secondary N) is 1. The predicted molar refractivity (Wildman–Crippen MR) is 44.9 cm³/mol. The zero-order valence-electron chi connectivity index (χ0n) is 6.65. The summed E-state index contributed by atoms with van der Waals surface area (Å²) in [7, 11) is 0. The number of nitrogens with two attached hydrogens (primary N) is 1. The van der Waals surface area contributed by atoms with E-state index in [1.807, 2.05) is 17.7 Å². The molecule has 0 radical (unpaired) electrons. The number of hydrogen-bond acceptors (Lipinski definition) is 3. The highest BCUT2D eigenvalue weighted by molar-refractivity contribution is 5.29. The van der Waals surface area contributed by atoms with Crippen LogP contribution in [0.5, 0.6) is 0 Å². The van der Waals surface area contributed by atoms with E-state index >= 15 is 0 Å². The number of rotatable bonds is 1. The van der Waals surface area contributed by atoms with E-state index in [0.29, 0.717) is 5.95 Å².